The zero-order valence-corrected chi connectivity index (χ0v) is 38.1. The Bertz CT molecular complexity index is 2500. The van der Waals surface area contributed by atoms with Gasteiger partial charge in [-0.2, -0.15) is 4.98 Å². The first-order chi connectivity index (χ1) is 29.9. The number of aryl methyl sites for hydroxylation is 2. The van der Waals surface area contributed by atoms with Crippen LogP contribution in [-0.2, 0) is 16.6 Å². The van der Waals surface area contributed by atoms with Crippen molar-refractivity contribution in [3.63, 3.8) is 0 Å². The predicted molar refractivity (Wildman–Crippen MR) is 249 cm³/mol. The Morgan fingerprint density at radius 1 is 0.841 bits per heavy atom. The van der Waals surface area contributed by atoms with Gasteiger partial charge in [0.2, 0.25) is 11.8 Å². The number of nitrogens with two attached hydrogens (primary N) is 3. The van der Waals surface area contributed by atoms with Crippen LogP contribution >= 0.6 is 11.6 Å². The van der Waals surface area contributed by atoms with Crippen LogP contribution in [0.15, 0.2) is 47.7 Å². The van der Waals surface area contributed by atoms with Gasteiger partial charge in [0.1, 0.15) is 35.0 Å². The third-order valence-corrected chi connectivity index (χ3v) is 14.3. The molecule has 2 saturated carbocycles. The number of anilines is 2. The summed E-state index contributed by atoms with van der Waals surface area (Å²) in [5.74, 6) is 3.99. The Balaban J connectivity index is 0.000000173. The number of fused-ring (bicyclic) bond motifs is 4. The summed E-state index contributed by atoms with van der Waals surface area (Å²) in [6, 6.07) is 12.6. The fraction of sp³-hybridized carbons (Fsp3) is 0.490. The van der Waals surface area contributed by atoms with Crippen molar-refractivity contribution in [3.8, 4) is 11.8 Å². The minimum Gasteiger partial charge on any atom is -0.466 e. The average Bonchev–Trinajstić information content (AvgIpc) is 3.57. The Kier molecular flexibility index (Phi) is 12.0. The number of ketones is 1. The fourth-order valence-electron chi connectivity index (χ4n) is 10.6. The van der Waals surface area contributed by atoms with Gasteiger partial charge in [-0.25, -0.2) is 24.7 Å². The maximum Gasteiger partial charge on any atom is 0.312 e. The van der Waals surface area contributed by atoms with E-state index in [-0.39, 0.29) is 0 Å². The van der Waals surface area contributed by atoms with Gasteiger partial charge in [0.25, 0.3) is 0 Å². The number of rotatable bonds is 7. The molecule has 2 aromatic carbocycles. The van der Waals surface area contributed by atoms with E-state index in [4.69, 9.17) is 43.3 Å². The number of aromatic nitrogens is 4. The second-order valence-electron chi connectivity index (χ2n) is 19.2. The van der Waals surface area contributed by atoms with Crippen LogP contribution in [0, 0.1) is 18.8 Å². The molecule has 4 heterocycles. The van der Waals surface area contributed by atoms with Gasteiger partial charge in [-0.05, 0) is 163 Å². The van der Waals surface area contributed by atoms with E-state index in [9.17, 15) is 9.59 Å². The van der Waals surface area contributed by atoms with E-state index >= 15 is 0 Å². The number of carbonyl (C=O) groups excluding carboxylic acids is 2. The van der Waals surface area contributed by atoms with Crippen LogP contribution in [0.3, 0.4) is 0 Å². The molecule has 2 fully saturated rings. The van der Waals surface area contributed by atoms with Crippen LogP contribution in [0.1, 0.15) is 144 Å². The number of carbonyl (C=O) groups is 2. The molecule has 3 aliphatic carbocycles. The van der Waals surface area contributed by atoms with Crippen molar-refractivity contribution >= 4 is 58.1 Å². The van der Waals surface area contributed by atoms with Crippen molar-refractivity contribution in [2.24, 2.45) is 22.6 Å². The molecule has 0 atom stereocenters. The van der Waals surface area contributed by atoms with E-state index in [1.54, 1.807) is 13.8 Å². The topological polar surface area (TPSA) is 207 Å². The van der Waals surface area contributed by atoms with E-state index in [0.29, 0.717) is 70.4 Å². The number of ether oxygens (including phenoxy) is 2. The molecule has 0 bridgehead atoms. The lowest BCUT2D eigenvalue weighted by Gasteiger charge is -2.38. The van der Waals surface area contributed by atoms with Crippen LogP contribution in [0.4, 0.5) is 22.1 Å². The maximum absolute atomic E-state index is 11.5. The highest BCUT2D eigenvalue weighted by molar-refractivity contribution is 6.32. The molecule has 2 amide bonds. The molecule has 2 aromatic heterocycles. The molecule has 0 radical (unpaired) electrons. The Morgan fingerprint density at radius 2 is 1.56 bits per heavy atom. The van der Waals surface area contributed by atoms with Gasteiger partial charge in [0, 0.05) is 29.1 Å². The van der Waals surface area contributed by atoms with Crippen molar-refractivity contribution in [3.05, 3.63) is 87.0 Å². The number of hydrogen-bond acceptors (Lipinski definition) is 11. The molecule has 13 nitrogen and oxygen atoms in total. The molecule has 1 spiro atoms. The standard InChI is InChI=1S/C26H31N3O2.C23H29ClN6O2/c1-16(30)12-17-6-9-26(10-7-17)11-8-19-13-18(4-5-21(19)26)22-14-20-23(27)28-15-29-24(20)31-25(22,2)3;1-12-28-20(25)18-21(29-12)32-23(2,3)19(30-18)15-8-9-16(17(24)10-15)14-6-4-13(5-7-14)11-27-22(26)31/h4-5,13-15,17H,6-12H2,1-3H3,(H2,27,28,29);8-10,13-14H,4-7,11H2,1-3H3,(H2,25,28,29)(H3,26,27,31). The number of aliphatic imine (C=N–C) groups is 1. The molecule has 5 aliphatic rings. The number of amides is 2. The molecule has 332 valence electrons. The fourth-order valence-corrected chi connectivity index (χ4v) is 11.0. The third-order valence-electron chi connectivity index (χ3n) is 13.9. The summed E-state index contributed by atoms with van der Waals surface area (Å²) in [6.45, 7) is 12.2. The monoisotopic (exact) mass is 873 g/mol. The lowest BCUT2D eigenvalue weighted by Crippen LogP contribution is -2.41. The number of halogens is 1. The van der Waals surface area contributed by atoms with Crippen molar-refractivity contribution in [2.75, 3.05) is 18.0 Å². The second-order valence-corrected chi connectivity index (χ2v) is 19.6. The largest absolute Gasteiger partial charge is 0.466 e. The third kappa shape index (κ3) is 9.12. The van der Waals surface area contributed by atoms with Crippen molar-refractivity contribution in [1.29, 1.82) is 0 Å². The molecule has 4 aromatic rings. The van der Waals surface area contributed by atoms with Crippen LogP contribution in [0.2, 0.25) is 5.02 Å². The van der Waals surface area contributed by atoms with E-state index in [0.717, 1.165) is 71.5 Å². The number of nitrogens with one attached hydrogen (secondary N) is 1. The molecule has 14 heteroatoms. The molecule has 63 heavy (non-hydrogen) atoms. The van der Waals surface area contributed by atoms with Crippen molar-refractivity contribution in [2.45, 2.75) is 135 Å². The zero-order valence-electron chi connectivity index (χ0n) is 37.3. The number of urea groups is 1. The SMILES string of the molecule is CC(=O)CC1CCC2(CCc3cc(C4=Cc5c(N)ncnc5OC4(C)C)ccc32)CC1.Cc1nc(N)c2c(n1)OC(C)(C)C(c1ccc(C3CCC(CNC(N)=O)CC3)c(Cl)c1)=N2. The van der Waals surface area contributed by atoms with Gasteiger partial charge in [0.15, 0.2) is 11.5 Å². The lowest BCUT2D eigenvalue weighted by molar-refractivity contribution is -0.118. The van der Waals surface area contributed by atoms with Gasteiger partial charge in [0.05, 0.1) is 11.3 Å². The van der Waals surface area contributed by atoms with Gasteiger partial charge < -0.3 is 36.8 Å². The normalized spacial score (nSPS) is 23.9. The van der Waals surface area contributed by atoms with Crippen molar-refractivity contribution < 1.29 is 19.1 Å². The van der Waals surface area contributed by atoms with Crippen LogP contribution < -0.4 is 32.0 Å². The summed E-state index contributed by atoms with van der Waals surface area (Å²) < 4.78 is 12.4. The van der Waals surface area contributed by atoms with Gasteiger partial charge in [-0.3, -0.25) is 0 Å². The maximum atomic E-state index is 11.5. The minimum atomic E-state index is -0.698. The first-order valence-electron chi connectivity index (χ1n) is 22.3. The van der Waals surface area contributed by atoms with E-state index in [1.165, 1.54) is 55.1 Å². The quantitative estimate of drug-likeness (QED) is 0.138. The van der Waals surface area contributed by atoms with Gasteiger partial charge in [-0.15, -0.1) is 0 Å². The number of primary amides is 1. The van der Waals surface area contributed by atoms with Gasteiger partial charge in [-0.1, -0.05) is 41.9 Å². The summed E-state index contributed by atoms with van der Waals surface area (Å²) in [5.41, 5.74) is 25.7. The van der Waals surface area contributed by atoms with E-state index < -0.39 is 17.2 Å². The molecular weight excluding hydrogens is 814 g/mol. The first kappa shape index (κ1) is 44.1. The predicted octanol–water partition coefficient (Wildman–Crippen LogP) is 9.38. The Hall–Kier alpha value is -5.56. The Morgan fingerprint density at radius 3 is 2.25 bits per heavy atom. The van der Waals surface area contributed by atoms with Crippen LogP contribution in [-0.4, -0.2) is 55.2 Å². The highest BCUT2D eigenvalue weighted by Crippen LogP contribution is 2.52. The number of nitrogens with zero attached hydrogens (tertiary/aromatic N) is 5. The first-order valence-corrected chi connectivity index (χ1v) is 22.7. The number of benzene rings is 2. The zero-order chi connectivity index (χ0) is 44.8. The Labute approximate surface area is 375 Å². The molecule has 2 aliphatic heterocycles. The van der Waals surface area contributed by atoms with E-state index in [1.807, 2.05) is 26.0 Å². The molecule has 9 rings (SSSR count). The molecule has 0 saturated heterocycles. The van der Waals surface area contributed by atoms with E-state index in [2.05, 4.69) is 69.4 Å². The highest BCUT2D eigenvalue weighted by atomic mass is 35.5. The number of hydrogen-bond donors (Lipinski definition) is 4. The summed E-state index contributed by atoms with van der Waals surface area (Å²) in [6.07, 6.45) is 15.5. The second kappa shape index (κ2) is 17.2. The molecule has 0 unspecified atom stereocenters. The molecule has 7 N–H and O–H groups in total. The summed E-state index contributed by atoms with van der Waals surface area (Å²) in [4.78, 5) is 44.2. The highest BCUT2D eigenvalue weighted by Gasteiger charge is 2.43. The minimum absolute atomic E-state index is 0.297. The molecular formula is C49H60ClN9O4. The average molecular weight is 875 g/mol. The number of nitrogen functional groups attached to an aromatic ring is 2. The van der Waals surface area contributed by atoms with Crippen LogP contribution in [0.5, 0.6) is 11.8 Å². The lowest BCUT2D eigenvalue weighted by atomic mass is 9.66. The summed E-state index contributed by atoms with van der Waals surface area (Å²) >= 11 is 6.75. The van der Waals surface area contributed by atoms with Gasteiger partial charge >= 0.3 is 6.03 Å². The van der Waals surface area contributed by atoms with Crippen molar-refractivity contribution in [1.82, 2.24) is 25.3 Å². The number of Topliss-reactive ketones (excluding diaryl/α,β-unsaturated/α-hetero) is 1. The summed E-state index contributed by atoms with van der Waals surface area (Å²) in [7, 11) is 0. The van der Waals surface area contributed by atoms with Crippen LogP contribution in [0.25, 0.3) is 11.6 Å². The smallest absolute Gasteiger partial charge is 0.312 e. The summed E-state index contributed by atoms with van der Waals surface area (Å²) in [5, 5.41) is 3.44.